The lowest BCUT2D eigenvalue weighted by Gasteiger charge is -2.16. The van der Waals surface area contributed by atoms with Crippen molar-refractivity contribution in [2.45, 2.75) is 33.8 Å². The first kappa shape index (κ1) is 14.3. The van der Waals surface area contributed by atoms with Gasteiger partial charge < -0.3 is 9.47 Å². The molecule has 0 N–H and O–H groups in total. The SMILES string of the molecule is COc1cccc(/C=C(/C)C(C)=O)c1OC(C)C. The van der Waals surface area contributed by atoms with Crippen LogP contribution >= 0.6 is 0 Å². The first-order valence-corrected chi connectivity index (χ1v) is 5.98. The highest BCUT2D eigenvalue weighted by molar-refractivity contribution is 5.97. The molecular weight excluding hydrogens is 228 g/mol. The molecule has 0 aliphatic carbocycles. The number of ketones is 1. The van der Waals surface area contributed by atoms with E-state index in [1.54, 1.807) is 21.0 Å². The molecule has 0 saturated carbocycles. The summed E-state index contributed by atoms with van der Waals surface area (Å²) in [6, 6.07) is 5.64. The van der Waals surface area contributed by atoms with Gasteiger partial charge in [-0.3, -0.25) is 4.79 Å². The summed E-state index contributed by atoms with van der Waals surface area (Å²) in [6.45, 7) is 7.26. The number of carbonyl (C=O) groups excluding carboxylic acids is 1. The van der Waals surface area contributed by atoms with Gasteiger partial charge in [-0.05, 0) is 45.4 Å². The quantitative estimate of drug-likeness (QED) is 0.748. The van der Waals surface area contributed by atoms with Crippen LogP contribution in [0.15, 0.2) is 23.8 Å². The van der Waals surface area contributed by atoms with Crippen LogP contribution in [-0.4, -0.2) is 19.0 Å². The average molecular weight is 248 g/mol. The van der Waals surface area contributed by atoms with Gasteiger partial charge in [0.2, 0.25) is 0 Å². The first-order valence-electron chi connectivity index (χ1n) is 5.98. The normalized spacial score (nSPS) is 11.6. The summed E-state index contributed by atoms with van der Waals surface area (Å²) in [4.78, 5) is 11.3. The maximum Gasteiger partial charge on any atom is 0.168 e. The van der Waals surface area contributed by atoms with Gasteiger partial charge in [0, 0.05) is 5.56 Å². The molecule has 0 aliphatic rings. The molecular formula is C15H20O3. The summed E-state index contributed by atoms with van der Waals surface area (Å²) in [7, 11) is 1.61. The number of methoxy groups -OCH3 is 1. The van der Waals surface area contributed by atoms with Gasteiger partial charge in [0.1, 0.15) is 0 Å². The Hall–Kier alpha value is -1.77. The molecule has 3 nitrogen and oxygen atoms in total. The van der Waals surface area contributed by atoms with Crippen molar-refractivity contribution < 1.29 is 14.3 Å². The van der Waals surface area contributed by atoms with Crippen molar-refractivity contribution in [3.05, 3.63) is 29.3 Å². The molecule has 0 spiro atoms. The lowest BCUT2D eigenvalue weighted by Crippen LogP contribution is -2.08. The molecule has 0 radical (unpaired) electrons. The zero-order valence-corrected chi connectivity index (χ0v) is 11.6. The third kappa shape index (κ3) is 3.62. The van der Waals surface area contributed by atoms with Crippen molar-refractivity contribution in [3.63, 3.8) is 0 Å². The van der Waals surface area contributed by atoms with Crippen LogP contribution in [0.3, 0.4) is 0 Å². The Morgan fingerprint density at radius 1 is 1.28 bits per heavy atom. The van der Waals surface area contributed by atoms with E-state index in [-0.39, 0.29) is 11.9 Å². The molecule has 1 aromatic carbocycles. The molecule has 1 rings (SSSR count). The highest BCUT2D eigenvalue weighted by Crippen LogP contribution is 2.33. The molecule has 0 unspecified atom stereocenters. The number of para-hydroxylation sites is 1. The molecule has 0 fully saturated rings. The fourth-order valence-corrected chi connectivity index (χ4v) is 1.50. The Morgan fingerprint density at radius 3 is 2.44 bits per heavy atom. The second-order valence-corrected chi connectivity index (χ2v) is 4.43. The molecule has 0 saturated heterocycles. The number of Topliss-reactive ketones (excluding diaryl/α,β-unsaturated/α-hetero) is 1. The van der Waals surface area contributed by atoms with Gasteiger partial charge in [0.25, 0.3) is 0 Å². The number of rotatable bonds is 5. The molecule has 18 heavy (non-hydrogen) atoms. The second-order valence-electron chi connectivity index (χ2n) is 4.43. The van der Waals surface area contributed by atoms with Crippen molar-refractivity contribution in [2.75, 3.05) is 7.11 Å². The first-order chi connectivity index (χ1) is 8.45. The van der Waals surface area contributed by atoms with E-state index in [1.807, 2.05) is 38.1 Å². The molecule has 0 heterocycles. The van der Waals surface area contributed by atoms with Gasteiger partial charge in [0.05, 0.1) is 13.2 Å². The Labute approximate surface area is 108 Å². The maximum absolute atomic E-state index is 11.3. The minimum Gasteiger partial charge on any atom is -0.493 e. The van der Waals surface area contributed by atoms with E-state index in [4.69, 9.17) is 9.47 Å². The van der Waals surface area contributed by atoms with E-state index in [0.717, 1.165) is 5.56 Å². The lowest BCUT2D eigenvalue weighted by atomic mass is 10.1. The molecule has 0 aromatic heterocycles. The summed E-state index contributed by atoms with van der Waals surface area (Å²) >= 11 is 0. The van der Waals surface area contributed by atoms with Crippen LogP contribution in [0.2, 0.25) is 0 Å². The molecule has 0 bridgehead atoms. The van der Waals surface area contributed by atoms with Gasteiger partial charge in [-0.2, -0.15) is 0 Å². The molecule has 0 atom stereocenters. The smallest absolute Gasteiger partial charge is 0.168 e. The summed E-state index contributed by atoms with van der Waals surface area (Å²) < 4.78 is 11.1. The minimum atomic E-state index is 0.0473. The zero-order valence-electron chi connectivity index (χ0n) is 11.6. The summed E-state index contributed by atoms with van der Waals surface area (Å²) in [5, 5.41) is 0. The molecule has 0 aliphatic heterocycles. The standard InChI is InChI=1S/C15H20O3/c1-10(2)18-15-13(9-11(3)12(4)16)7-6-8-14(15)17-5/h6-10H,1-5H3/b11-9-. The Bertz CT molecular complexity index is 459. The number of benzene rings is 1. The van der Waals surface area contributed by atoms with Crippen molar-refractivity contribution in [1.29, 1.82) is 0 Å². The third-order valence-electron chi connectivity index (χ3n) is 2.51. The third-order valence-corrected chi connectivity index (χ3v) is 2.51. The summed E-state index contributed by atoms with van der Waals surface area (Å²) in [5.41, 5.74) is 1.55. The molecule has 0 amide bonds. The fraction of sp³-hybridized carbons (Fsp3) is 0.400. The largest absolute Gasteiger partial charge is 0.493 e. The van der Waals surface area contributed by atoms with Crippen molar-refractivity contribution in [1.82, 2.24) is 0 Å². The number of hydrogen-bond acceptors (Lipinski definition) is 3. The van der Waals surface area contributed by atoms with E-state index >= 15 is 0 Å². The van der Waals surface area contributed by atoms with Crippen molar-refractivity contribution in [2.24, 2.45) is 0 Å². The van der Waals surface area contributed by atoms with Gasteiger partial charge in [-0.15, -0.1) is 0 Å². The zero-order chi connectivity index (χ0) is 13.7. The average Bonchev–Trinajstić information content (AvgIpc) is 2.30. The van der Waals surface area contributed by atoms with Crippen LogP contribution < -0.4 is 9.47 Å². The maximum atomic E-state index is 11.3. The Balaban J connectivity index is 3.25. The van der Waals surface area contributed by atoms with Crippen LogP contribution in [0.25, 0.3) is 6.08 Å². The topological polar surface area (TPSA) is 35.5 Å². The minimum absolute atomic E-state index is 0.0473. The van der Waals surface area contributed by atoms with Crippen LogP contribution in [0, 0.1) is 0 Å². The lowest BCUT2D eigenvalue weighted by molar-refractivity contribution is -0.113. The van der Waals surface area contributed by atoms with E-state index < -0.39 is 0 Å². The van der Waals surface area contributed by atoms with E-state index in [0.29, 0.717) is 17.1 Å². The van der Waals surface area contributed by atoms with E-state index in [9.17, 15) is 4.79 Å². The predicted molar refractivity (Wildman–Crippen MR) is 73.1 cm³/mol. The number of carbonyl (C=O) groups is 1. The highest BCUT2D eigenvalue weighted by Gasteiger charge is 2.11. The summed E-state index contributed by atoms with van der Waals surface area (Å²) in [5.74, 6) is 1.40. The van der Waals surface area contributed by atoms with Crippen molar-refractivity contribution in [3.8, 4) is 11.5 Å². The molecule has 3 heteroatoms. The molecule has 98 valence electrons. The second kappa shape index (κ2) is 6.24. The van der Waals surface area contributed by atoms with Crippen LogP contribution in [0.4, 0.5) is 0 Å². The monoisotopic (exact) mass is 248 g/mol. The van der Waals surface area contributed by atoms with Gasteiger partial charge in [-0.25, -0.2) is 0 Å². The van der Waals surface area contributed by atoms with Crippen LogP contribution in [0.5, 0.6) is 11.5 Å². The molecule has 1 aromatic rings. The van der Waals surface area contributed by atoms with Gasteiger partial charge in [0.15, 0.2) is 17.3 Å². The van der Waals surface area contributed by atoms with Gasteiger partial charge in [-0.1, -0.05) is 12.1 Å². The van der Waals surface area contributed by atoms with Gasteiger partial charge >= 0.3 is 0 Å². The number of allylic oxidation sites excluding steroid dienone is 1. The fourth-order valence-electron chi connectivity index (χ4n) is 1.50. The van der Waals surface area contributed by atoms with E-state index in [2.05, 4.69) is 0 Å². The summed E-state index contributed by atoms with van der Waals surface area (Å²) in [6.07, 6.45) is 1.87. The Morgan fingerprint density at radius 2 is 1.94 bits per heavy atom. The number of ether oxygens (including phenoxy) is 2. The van der Waals surface area contributed by atoms with Crippen LogP contribution in [-0.2, 0) is 4.79 Å². The van der Waals surface area contributed by atoms with Crippen LogP contribution in [0.1, 0.15) is 33.3 Å². The predicted octanol–water partition coefficient (Wildman–Crippen LogP) is 3.47. The number of hydrogen-bond donors (Lipinski definition) is 0. The van der Waals surface area contributed by atoms with Crippen molar-refractivity contribution >= 4 is 11.9 Å². The van der Waals surface area contributed by atoms with E-state index in [1.165, 1.54) is 0 Å². The highest BCUT2D eigenvalue weighted by atomic mass is 16.5. The Kier molecular flexibility index (Phi) is 4.95.